The molecule has 1 aromatic carbocycles. The maximum absolute atomic E-state index is 13.2. The molecular formula is C16H24FN. The van der Waals surface area contributed by atoms with Crippen LogP contribution in [0, 0.1) is 18.7 Å². The van der Waals surface area contributed by atoms with Gasteiger partial charge in [0.05, 0.1) is 0 Å². The number of hydrogen-bond donors (Lipinski definition) is 1. The highest BCUT2D eigenvalue weighted by Crippen LogP contribution is 2.26. The fourth-order valence-corrected chi connectivity index (χ4v) is 2.93. The van der Waals surface area contributed by atoms with Crippen molar-refractivity contribution in [2.24, 2.45) is 5.92 Å². The van der Waals surface area contributed by atoms with Crippen molar-refractivity contribution in [2.75, 3.05) is 0 Å². The van der Waals surface area contributed by atoms with Gasteiger partial charge in [-0.3, -0.25) is 0 Å². The molecule has 2 unspecified atom stereocenters. The first-order valence-corrected chi connectivity index (χ1v) is 7.17. The summed E-state index contributed by atoms with van der Waals surface area (Å²) in [4.78, 5) is 0. The lowest BCUT2D eigenvalue weighted by molar-refractivity contribution is 0.278. The van der Waals surface area contributed by atoms with Gasteiger partial charge in [-0.25, -0.2) is 4.39 Å². The minimum atomic E-state index is -0.132. The summed E-state index contributed by atoms with van der Waals surface area (Å²) in [7, 11) is 0. The van der Waals surface area contributed by atoms with Crippen LogP contribution in [0.25, 0.3) is 0 Å². The van der Waals surface area contributed by atoms with Crippen LogP contribution in [0.5, 0.6) is 0 Å². The van der Waals surface area contributed by atoms with E-state index in [9.17, 15) is 4.39 Å². The molecule has 1 saturated carbocycles. The van der Waals surface area contributed by atoms with Gasteiger partial charge in [0.2, 0.25) is 0 Å². The van der Waals surface area contributed by atoms with Crippen LogP contribution in [0.2, 0.25) is 0 Å². The Kier molecular flexibility index (Phi) is 4.76. The molecule has 1 N–H and O–H groups in total. The first kappa shape index (κ1) is 13.5. The predicted octanol–water partition coefficient (Wildman–Crippen LogP) is 4.19. The summed E-state index contributed by atoms with van der Waals surface area (Å²) in [6.45, 7) is 5.13. The SMILES string of the molecule is CCC1CCCC(NCc2cc(F)ccc2C)C1. The molecule has 0 bridgehead atoms. The van der Waals surface area contributed by atoms with Crippen molar-refractivity contribution in [3.8, 4) is 0 Å². The number of benzene rings is 1. The van der Waals surface area contributed by atoms with Crippen LogP contribution in [-0.2, 0) is 6.54 Å². The van der Waals surface area contributed by atoms with E-state index in [4.69, 9.17) is 0 Å². The van der Waals surface area contributed by atoms with Crippen LogP contribution in [0.1, 0.15) is 50.2 Å². The van der Waals surface area contributed by atoms with Crippen molar-refractivity contribution in [1.29, 1.82) is 0 Å². The lowest BCUT2D eigenvalue weighted by Crippen LogP contribution is -2.33. The molecule has 18 heavy (non-hydrogen) atoms. The van der Waals surface area contributed by atoms with E-state index in [1.54, 1.807) is 6.07 Å². The van der Waals surface area contributed by atoms with Gasteiger partial charge in [-0.15, -0.1) is 0 Å². The van der Waals surface area contributed by atoms with Crippen molar-refractivity contribution in [3.63, 3.8) is 0 Å². The van der Waals surface area contributed by atoms with E-state index in [2.05, 4.69) is 12.2 Å². The lowest BCUT2D eigenvalue weighted by Gasteiger charge is -2.29. The molecule has 0 aliphatic heterocycles. The van der Waals surface area contributed by atoms with Gasteiger partial charge in [0.25, 0.3) is 0 Å². The van der Waals surface area contributed by atoms with E-state index in [-0.39, 0.29) is 5.82 Å². The van der Waals surface area contributed by atoms with Crippen molar-refractivity contribution in [1.82, 2.24) is 5.32 Å². The summed E-state index contributed by atoms with van der Waals surface area (Å²) < 4.78 is 13.2. The smallest absolute Gasteiger partial charge is 0.123 e. The highest BCUT2D eigenvalue weighted by atomic mass is 19.1. The van der Waals surface area contributed by atoms with E-state index in [0.29, 0.717) is 6.04 Å². The summed E-state index contributed by atoms with van der Waals surface area (Å²) in [5, 5.41) is 3.60. The second kappa shape index (κ2) is 6.33. The topological polar surface area (TPSA) is 12.0 Å². The van der Waals surface area contributed by atoms with Gasteiger partial charge < -0.3 is 5.32 Å². The van der Waals surface area contributed by atoms with Crippen molar-refractivity contribution in [3.05, 3.63) is 35.1 Å². The van der Waals surface area contributed by atoms with Crippen LogP contribution in [0.15, 0.2) is 18.2 Å². The zero-order chi connectivity index (χ0) is 13.0. The van der Waals surface area contributed by atoms with Gasteiger partial charge in [-0.2, -0.15) is 0 Å². The van der Waals surface area contributed by atoms with Crippen LogP contribution < -0.4 is 5.32 Å². The Balaban J connectivity index is 1.89. The molecule has 100 valence electrons. The minimum Gasteiger partial charge on any atom is -0.310 e. The summed E-state index contributed by atoms with van der Waals surface area (Å²) in [6.07, 6.45) is 6.55. The van der Waals surface area contributed by atoms with Crippen molar-refractivity contribution in [2.45, 2.75) is 58.5 Å². The van der Waals surface area contributed by atoms with E-state index < -0.39 is 0 Å². The molecule has 0 heterocycles. The molecule has 2 atom stereocenters. The Hall–Kier alpha value is -0.890. The first-order valence-electron chi connectivity index (χ1n) is 7.17. The molecule has 0 saturated heterocycles. The number of aryl methyl sites for hydroxylation is 1. The van der Waals surface area contributed by atoms with Crippen molar-refractivity contribution >= 4 is 0 Å². The van der Waals surface area contributed by atoms with Crippen LogP contribution in [0.4, 0.5) is 4.39 Å². The Morgan fingerprint density at radius 2 is 2.17 bits per heavy atom. The molecule has 1 aromatic rings. The molecule has 2 heteroatoms. The summed E-state index contributed by atoms with van der Waals surface area (Å²) in [6, 6.07) is 5.67. The largest absolute Gasteiger partial charge is 0.310 e. The third kappa shape index (κ3) is 3.55. The molecule has 2 rings (SSSR count). The van der Waals surface area contributed by atoms with Gasteiger partial charge in [-0.05, 0) is 48.9 Å². The Bertz CT molecular complexity index is 389. The predicted molar refractivity (Wildman–Crippen MR) is 74.0 cm³/mol. The highest BCUT2D eigenvalue weighted by molar-refractivity contribution is 5.26. The maximum atomic E-state index is 13.2. The molecule has 1 aliphatic rings. The third-order valence-electron chi connectivity index (χ3n) is 4.25. The quantitative estimate of drug-likeness (QED) is 0.843. The zero-order valence-corrected chi connectivity index (χ0v) is 11.5. The van der Waals surface area contributed by atoms with Crippen LogP contribution in [-0.4, -0.2) is 6.04 Å². The molecule has 0 spiro atoms. The monoisotopic (exact) mass is 249 g/mol. The average Bonchev–Trinajstić information content (AvgIpc) is 2.40. The van der Waals surface area contributed by atoms with E-state index in [1.165, 1.54) is 43.7 Å². The van der Waals surface area contributed by atoms with E-state index in [0.717, 1.165) is 18.0 Å². The minimum absolute atomic E-state index is 0.132. The summed E-state index contributed by atoms with van der Waals surface area (Å²) >= 11 is 0. The van der Waals surface area contributed by atoms with E-state index in [1.807, 2.05) is 13.0 Å². The summed E-state index contributed by atoms with van der Waals surface area (Å²) in [5.41, 5.74) is 2.26. The van der Waals surface area contributed by atoms with Crippen LogP contribution in [0.3, 0.4) is 0 Å². The first-order chi connectivity index (χ1) is 8.69. The molecule has 1 fully saturated rings. The van der Waals surface area contributed by atoms with Gasteiger partial charge in [0.1, 0.15) is 5.82 Å². The maximum Gasteiger partial charge on any atom is 0.123 e. The molecule has 0 radical (unpaired) electrons. The van der Waals surface area contributed by atoms with Gasteiger partial charge >= 0.3 is 0 Å². The third-order valence-corrected chi connectivity index (χ3v) is 4.25. The molecule has 0 amide bonds. The Labute approximate surface area is 110 Å². The van der Waals surface area contributed by atoms with Crippen LogP contribution >= 0.6 is 0 Å². The lowest BCUT2D eigenvalue weighted by atomic mass is 9.84. The highest BCUT2D eigenvalue weighted by Gasteiger charge is 2.20. The zero-order valence-electron chi connectivity index (χ0n) is 11.5. The standard InChI is InChI=1S/C16H24FN/c1-3-13-5-4-6-16(9-13)18-11-14-10-15(17)8-7-12(14)2/h7-8,10,13,16,18H,3-6,9,11H2,1-2H3. The van der Waals surface area contributed by atoms with Gasteiger partial charge in [-0.1, -0.05) is 32.3 Å². The van der Waals surface area contributed by atoms with Crippen molar-refractivity contribution < 1.29 is 4.39 Å². The fourth-order valence-electron chi connectivity index (χ4n) is 2.93. The normalized spacial score (nSPS) is 24.2. The summed E-state index contributed by atoms with van der Waals surface area (Å²) in [5.74, 6) is 0.748. The second-order valence-electron chi connectivity index (χ2n) is 5.59. The van der Waals surface area contributed by atoms with Gasteiger partial charge in [0, 0.05) is 12.6 Å². The fraction of sp³-hybridized carbons (Fsp3) is 0.625. The molecule has 1 nitrogen and oxygen atoms in total. The molecular weight excluding hydrogens is 225 g/mol. The number of halogens is 1. The van der Waals surface area contributed by atoms with E-state index >= 15 is 0 Å². The molecule has 0 aromatic heterocycles. The average molecular weight is 249 g/mol. The number of rotatable bonds is 4. The Morgan fingerprint density at radius 3 is 2.94 bits per heavy atom. The second-order valence-corrected chi connectivity index (χ2v) is 5.59. The number of hydrogen-bond acceptors (Lipinski definition) is 1. The Morgan fingerprint density at radius 1 is 1.33 bits per heavy atom. The molecule has 1 aliphatic carbocycles. The number of nitrogens with one attached hydrogen (secondary N) is 1. The van der Waals surface area contributed by atoms with Gasteiger partial charge in [0.15, 0.2) is 0 Å².